The van der Waals surface area contributed by atoms with Crippen LogP contribution < -0.4 is 0 Å². The molecule has 18 unspecified atom stereocenters. The van der Waals surface area contributed by atoms with E-state index in [0.717, 1.165) is 0 Å². The fraction of sp³-hybridized carbons (Fsp3) is 1.00. The first kappa shape index (κ1) is 50.4. The average Bonchev–Trinajstić information content (AvgIpc) is 3.07. The van der Waals surface area contributed by atoms with Crippen molar-refractivity contribution in [3.05, 3.63) is 0 Å². The van der Waals surface area contributed by atoms with Gasteiger partial charge in [-0.25, -0.2) is 0 Å². The van der Waals surface area contributed by atoms with E-state index in [4.69, 9.17) is 52.1 Å². The minimum atomic E-state index is -1.39. The van der Waals surface area contributed by atoms with Crippen molar-refractivity contribution in [2.45, 2.75) is 166 Å². The lowest BCUT2D eigenvalue weighted by atomic mass is 9.95. The van der Waals surface area contributed by atoms with Gasteiger partial charge in [-0.1, -0.05) is 0 Å². The third-order valence-corrected chi connectivity index (χ3v) is 7.91. The first-order chi connectivity index (χ1) is 25.9. The highest BCUT2D eigenvalue weighted by Crippen LogP contribution is 2.35. The van der Waals surface area contributed by atoms with Crippen LogP contribution in [-0.2, 0) is 52.1 Å². The highest BCUT2D eigenvalue weighted by molar-refractivity contribution is 4.98. The molecule has 19 nitrogen and oxygen atoms in total. The Morgan fingerprint density at radius 1 is 0.345 bits per heavy atom. The summed E-state index contributed by atoms with van der Waals surface area (Å²) in [7, 11) is 0. The van der Waals surface area contributed by atoms with Crippen molar-refractivity contribution < 1.29 is 93.0 Å². The molecule has 0 radical (unpaired) electrons. The largest absolute Gasteiger partial charge is 0.391 e. The SMILES string of the molecule is CC(O)COCC1OC(OC2C(COCC(C)O)OC(OCC(C)O)C(OCC(C)O)C2OCC(C)O)C(OCC(C)O)C(OCC(C)O)C1OCC(C)O. The predicted octanol–water partition coefficient (Wildman–Crippen LogP) is -2.16. The zero-order chi connectivity index (χ0) is 41.2. The molecule has 8 N–H and O–H groups in total. The second-order valence-corrected chi connectivity index (χ2v) is 14.9. The zero-order valence-electron chi connectivity index (χ0n) is 33.5. The fourth-order valence-corrected chi connectivity index (χ4v) is 5.72. The van der Waals surface area contributed by atoms with Gasteiger partial charge in [0.15, 0.2) is 12.6 Å². The molecule has 0 amide bonds. The van der Waals surface area contributed by atoms with E-state index in [2.05, 4.69) is 0 Å². The molecule has 0 saturated carbocycles. The minimum absolute atomic E-state index is 0.0553. The Hall–Kier alpha value is -0.760. The highest BCUT2D eigenvalue weighted by Gasteiger charge is 2.55. The van der Waals surface area contributed by atoms with Crippen LogP contribution in [0.15, 0.2) is 0 Å². The van der Waals surface area contributed by atoms with Gasteiger partial charge in [-0.05, 0) is 55.4 Å². The topological polar surface area (TPSA) is 263 Å². The lowest BCUT2D eigenvalue weighted by molar-refractivity contribution is -0.377. The van der Waals surface area contributed by atoms with Crippen LogP contribution in [0.1, 0.15) is 55.4 Å². The standard InChI is InChI=1S/C36H70O19/c1-19(37)9-45-17-27-29(47-11-21(3)39)31(48-12-22(4)40)34(51-15-25(7)43)36(54-27)55-30-28(18-46-10-20(2)38)53-35(52-16-26(8)44)33(50-14-24(6)42)32(30)49-13-23(5)41/h19-44H,9-18H2,1-8H3. The molecular weight excluding hydrogens is 736 g/mol. The monoisotopic (exact) mass is 806 g/mol. The summed E-state index contributed by atoms with van der Waals surface area (Å²) in [5.74, 6) is 0. The van der Waals surface area contributed by atoms with Gasteiger partial charge in [-0.3, -0.25) is 0 Å². The maximum Gasteiger partial charge on any atom is 0.187 e. The molecule has 2 rings (SSSR count). The summed E-state index contributed by atoms with van der Waals surface area (Å²) in [5.41, 5.74) is 0. The molecule has 2 fully saturated rings. The van der Waals surface area contributed by atoms with Crippen LogP contribution in [0, 0.1) is 0 Å². The second-order valence-electron chi connectivity index (χ2n) is 14.9. The molecule has 19 heteroatoms. The molecule has 2 aliphatic heterocycles. The van der Waals surface area contributed by atoms with E-state index >= 15 is 0 Å². The quantitative estimate of drug-likeness (QED) is 0.0419. The van der Waals surface area contributed by atoms with E-state index in [1.54, 1.807) is 13.8 Å². The first-order valence-corrected chi connectivity index (χ1v) is 19.1. The summed E-state index contributed by atoms with van der Waals surface area (Å²) in [6.07, 6.45) is -18.5. The van der Waals surface area contributed by atoms with Crippen LogP contribution in [0.25, 0.3) is 0 Å². The number of aliphatic hydroxyl groups excluding tert-OH is 8. The van der Waals surface area contributed by atoms with Crippen LogP contribution in [0.3, 0.4) is 0 Å². The van der Waals surface area contributed by atoms with E-state index in [0.29, 0.717) is 0 Å². The van der Waals surface area contributed by atoms with Gasteiger partial charge in [-0.2, -0.15) is 0 Å². The van der Waals surface area contributed by atoms with E-state index in [9.17, 15) is 40.9 Å². The molecule has 2 saturated heterocycles. The van der Waals surface area contributed by atoms with Gasteiger partial charge >= 0.3 is 0 Å². The first-order valence-electron chi connectivity index (χ1n) is 19.1. The Morgan fingerprint density at radius 3 is 1.04 bits per heavy atom. The van der Waals surface area contributed by atoms with Gasteiger partial charge in [0.2, 0.25) is 0 Å². The van der Waals surface area contributed by atoms with Crippen LogP contribution in [0.2, 0.25) is 0 Å². The summed E-state index contributed by atoms with van der Waals surface area (Å²) < 4.78 is 68.1. The van der Waals surface area contributed by atoms with Gasteiger partial charge in [0.1, 0.15) is 48.8 Å². The average molecular weight is 807 g/mol. The third-order valence-electron chi connectivity index (χ3n) is 7.91. The van der Waals surface area contributed by atoms with E-state index in [1.165, 1.54) is 41.5 Å². The minimum Gasteiger partial charge on any atom is -0.391 e. The van der Waals surface area contributed by atoms with Gasteiger partial charge in [0.05, 0.1) is 115 Å². The van der Waals surface area contributed by atoms with Crippen molar-refractivity contribution in [2.24, 2.45) is 0 Å². The Balaban J connectivity index is 2.73. The van der Waals surface area contributed by atoms with Gasteiger partial charge < -0.3 is 93.0 Å². The molecule has 0 aromatic carbocycles. The van der Waals surface area contributed by atoms with E-state index in [-0.39, 0.29) is 66.1 Å². The molecule has 18 atom stereocenters. The van der Waals surface area contributed by atoms with Crippen molar-refractivity contribution in [3.63, 3.8) is 0 Å². The van der Waals surface area contributed by atoms with Crippen molar-refractivity contribution in [1.82, 2.24) is 0 Å². The van der Waals surface area contributed by atoms with Crippen molar-refractivity contribution in [2.75, 3.05) is 66.1 Å². The summed E-state index contributed by atoms with van der Waals surface area (Å²) >= 11 is 0. The highest BCUT2D eigenvalue weighted by atomic mass is 16.8. The number of aliphatic hydroxyl groups is 8. The lowest BCUT2D eigenvalue weighted by Crippen LogP contribution is -2.67. The Labute approximate surface area is 324 Å². The number of ether oxygens (including phenoxy) is 11. The molecule has 0 bridgehead atoms. The molecule has 2 heterocycles. The van der Waals surface area contributed by atoms with Crippen LogP contribution in [0.5, 0.6) is 0 Å². The van der Waals surface area contributed by atoms with Gasteiger partial charge in [0.25, 0.3) is 0 Å². The maximum atomic E-state index is 10.3. The third kappa shape index (κ3) is 19.2. The Morgan fingerprint density at radius 2 is 0.636 bits per heavy atom. The second kappa shape index (κ2) is 26.4. The molecule has 55 heavy (non-hydrogen) atoms. The van der Waals surface area contributed by atoms with Crippen LogP contribution in [0.4, 0.5) is 0 Å². The Kier molecular flexibility index (Phi) is 24.1. The molecule has 0 aromatic rings. The van der Waals surface area contributed by atoms with E-state index in [1.807, 2.05) is 0 Å². The van der Waals surface area contributed by atoms with Crippen LogP contribution in [-0.4, -0.2) is 217 Å². The molecule has 2 aliphatic rings. The normalized spacial score (nSPS) is 33.4. The van der Waals surface area contributed by atoms with Crippen molar-refractivity contribution in [3.8, 4) is 0 Å². The molecule has 0 spiro atoms. The van der Waals surface area contributed by atoms with Gasteiger partial charge in [0, 0.05) is 0 Å². The number of rotatable bonds is 28. The molecule has 328 valence electrons. The number of hydrogen-bond donors (Lipinski definition) is 8. The zero-order valence-corrected chi connectivity index (χ0v) is 33.5. The summed E-state index contributed by atoms with van der Waals surface area (Å²) in [5, 5.41) is 81.2. The Bertz CT molecular complexity index is 969. The van der Waals surface area contributed by atoms with E-state index < -0.39 is 110 Å². The smallest absolute Gasteiger partial charge is 0.187 e. The van der Waals surface area contributed by atoms with Gasteiger partial charge in [-0.15, -0.1) is 0 Å². The molecule has 0 aliphatic carbocycles. The molecule has 0 aromatic heterocycles. The fourth-order valence-electron chi connectivity index (χ4n) is 5.72. The summed E-state index contributed by atoms with van der Waals surface area (Å²) in [6, 6.07) is 0. The lowest BCUT2D eigenvalue weighted by Gasteiger charge is -2.50. The maximum absolute atomic E-state index is 10.3. The molecular formula is C36H70O19. The van der Waals surface area contributed by atoms with Crippen LogP contribution >= 0.6 is 0 Å². The number of hydrogen-bond acceptors (Lipinski definition) is 19. The van der Waals surface area contributed by atoms with Crippen molar-refractivity contribution in [1.29, 1.82) is 0 Å². The van der Waals surface area contributed by atoms with Crippen molar-refractivity contribution >= 4 is 0 Å². The summed E-state index contributed by atoms with van der Waals surface area (Å²) in [4.78, 5) is 0. The predicted molar refractivity (Wildman–Crippen MR) is 192 cm³/mol. The summed E-state index contributed by atoms with van der Waals surface area (Å²) in [6.45, 7) is 10.7.